The van der Waals surface area contributed by atoms with Crippen molar-refractivity contribution in [2.45, 2.75) is 32.2 Å². The maximum atomic E-state index is 12.2. The topological polar surface area (TPSA) is 86.9 Å². The molecule has 0 aliphatic carbocycles. The van der Waals surface area contributed by atoms with Crippen LogP contribution in [0.5, 0.6) is 0 Å². The number of carbonyl (C=O) groups excluding carboxylic acids is 2. The molecule has 2 amide bonds. The van der Waals surface area contributed by atoms with Crippen molar-refractivity contribution in [3.8, 4) is 0 Å². The molecule has 6 heteroatoms. The minimum Gasteiger partial charge on any atom is -0.394 e. The van der Waals surface area contributed by atoms with Crippen LogP contribution >= 0.6 is 0 Å². The molecule has 0 saturated carbocycles. The molecular formula is C13H25N3O3. The molecule has 1 heterocycles. The molecule has 1 atom stereocenters. The van der Waals surface area contributed by atoms with Gasteiger partial charge in [-0.1, -0.05) is 0 Å². The number of hydrogen-bond donors (Lipinski definition) is 2. The van der Waals surface area contributed by atoms with E-state index in [4.69, 9.17) is 5.73 Å². The van der Waals surface area contributed by atoms with Crippen LogP contribution in [0.15, 0.2) is 0 Å². The average Bonchev–Trinajstić information content (AvgIpc) is 2.38. The van der Waals surface area contributed by atoms with Crippen LogP contribution in [0.3, 0.4) is 0 Å². The SMILES string of the molecule is CN(CC(=O)N1CCCC(C(N)=O)C1)C(C)(C)CO. The molecule has 0 aromatic rings. The molecule has 3 N–H and O–H groups in total. The summed E-state index contributed by atoms with van der Waals surface area (Å²) in [6.45, 7) is 5.07. The number of hydrogen-bond acceptors (Lipinski definition) is 4. The van der Waals surface area contributed by atoms with Crippen molar-refractivity contribution < 1.29 is 14.7 Å². The van der Waals surface area contributed by atoms with Crippen LogP contribution in [0.1, 0.15) is 26.7 Å². The third-order valence-corrected chi connectivity index (χ3v) is 3.97. The lowest BCUT2D eigenvalue weighted by Crippen LogP contribution is -2.52. The molecule has 1 rings (SSSR count). The summed E-state index contributed by atoms with van der Waals surface area (Å²) >= 11 is 0. The molecule has 1 unspecified atom stereocenters. The van der Waals surface area contributed by atoms with E-state index in [1.165, 1.54) is 0 Å². The van der Waals surface area contributed by atoms with Gasteiger partial charge in [-0.2, -0.15) is 0 Å². The molecule has 1 saturated heterocycles. The van der Waals surface area contributed by atoms with E-state index in [0.717, 1.165) is 12.8 Å². The zero-order chi connectivity index (χ0) is 14.6. The first kappa shape index (κ1) is 15.9. The van der Waals surface area contributed by atoms with Gasteiger partial charge in [-0.15, -0.1) is 0 Å². The summed E-state index contributed by atoms with van der Waals surface area (Å²) in [7, 11) is 1.81. The Bertz CT molecular complexity index is 344. The Morgan fingerprint density at radius 1 is 1.47 bits per heavy atom. The molecule has 6 nitrogen and oxygen atoms in total. The van der Waals surface area contributed by atoms with E-state index in [2.05, 4.69) is 0 Å². The minimum absolute atomic E-state index is 0.0132. The number of rotatable bonds is 5. The van der Waals surface area contributed by atoms with Crippen LogP contribution in [-0.2, 0) is 9.59 Å². The molecule has 19 heavy (non-hydrogen) atoms. The van der Waals surface area contributed by atoms with Crippen molar-refractivity contribution in [3.63, 3.8) is 0 Å². The van der Waals surface area contributed by atoms with Gasteiger partial charge in [-0.05, 0) is 33.7 Å². The maximum Gasteiger partial charge on any atom is 0.236 e. The first-order valence-corrected chi connectivity index (χ1v) is 6.67. The lowest BCUT2D eigenvalue weighted by molar-refractivity contribution is -0.137. The third kappa shape index (κ3) is 4.18. The van der Waals surface area contributed by atoms with Crippen LogP contribution in [-0.4, -0.2) is 65.5 Å². The number of primary amides is 1. The van der Waals surface area contributed by atoms with Crippen LogP contribution in [0, 0.1) is 5.92 Å². The van der Waals surface area contributed by atoms with Crippen molar-refractivity contribution >= 4 is 11.8 Å². The van der Waals surface area contributed by atoms with Crippen LogP contribution < -0.4 is 5.73 Å². The Hall–Kier alpha value is -1.14. The van der Waals surface area contributed by atoms with E-state index in [9.17, 15) is 14.7 Å². The average molecular weight is 271 g/mol. The second-order valence-corrected chi connectivity index (χ2v) is 5.91. The Morgan fingerprint density at radius 3 is 2.63 bits per heavy atom. The van der Waals surface area contributed by atoms with E-state index < -0.39 is 5.54 Å². The molecule has 1 aliphatic heterocycles. The molecule has 0 aromatic carbocycles. The quantitative estimate of drug-likeness (QED) is 0.700. The van der Waals surface area contributed by atoms with Crippen molar-refractivity contribution in [2.24, 2.45) is 11.7 Å². The zero-order valence-electron chi connectivity index (χ0n) is 12.1. The van der Waals surface area contributed by atoms with Crippen molar-refractivity contribution in [3.05, 3.63) is 0 Å². The molecule has 110 valence electrons. The Labute approximate surface area is 114 Å². The summed E-state index contributed by atoms with van der Waals surface area (Å²) in [4.78, 5) is 26.9. The molecule has 0 spiro atoms. The highest BCUT2D eigenvalue weighted by Crippen LogP contribution is 2.17. The first-order chi connectivity index (χ1) is 8.77. The fourth-order valence-electron chi connectivity index (χ4n) is 2.07. The number of amides is 2. The first-order valence-electron chi connectivity index (χ1n) is 6.67. The fraction of sp³-hybridized carbons (Fsp3) is 0.846. The van der Waals surface area contributed by atoms with Gasteiger partial charge >= 0.3 is 0 Å². The number of aliphatic hydroxyl groups is 1. The molecule has 1 aliphatic rings. The Morgan fingerprint density at radius 2 is 2.11 bits per heavy atom. The van der Waals surface area contributed by atoms with Gasteiger partial charge in [0.2, 0.25) is 11.8 Å². The summed E-state index contributed by atoms with van der Waals surface area (Å²) in [5, 5.41) is 9.27. The van der Waals surface area contributed by atoms with Crippen LogP contribution in [0.4, 0.5) is 0 Å². The van der Waals surface area contributed by atoms with Gasteiger partial charge in [0, 0.05) is 18.6 Å². The zero-order valence-corrected chi connectivity index (χ0v) is 12.1. The third-order valence-electron chi connectivity index (χ3n) is 3.97. The fourth-order valence-corrected chi connectivity index (χ4v) is 2.07. The van der Waals surface area contributed by atoms with Crippen molar-refractivity contribution in [1.82, 2.24) is 9.80 Å². The number of nitrogens with zero attached hydrogens (tertiary/aromatic N) is 2. The van der Waals surface area contributed by atoms with Crippen LogP contribution in [0.2, 0.25) is 0 Å². The lowest BCUT2D eigenvalue weighted by atomic mass is 9.97. The van der Waals surface area contributed by atoms with Gasteiger partial charge in [0.1, 0.15) is 0 Å². The largest absolute Gasteiger partial charge is 0.394 e. The van der Waals surface area contributed by atoms with Gasteiger partial charge in [0.15, 0.2) is 0 Å². The number of nitrogens with two attached hydrogens (primary N) is 1. The van der Waals surface area contributed by atoms with Crippen LogP contribution in [0.25, 0.3) is 0 Å². The predicted molar refractivity (Wildman–Crippen MR) is 72.3 cm³/mol. The van der Waals surface area contributed by atoms with E-state index in [1.807, 2.05) is 25.8 Å². The highest BCUT2D eigenvalue weighted by molar-refractivity contribution is 5.81. The molecule has 0 bridgehead atoms. The predicted octanol–water partition coefficient (Wildman–Crippen LogP) is -0.587. The number of piperidine rings is 1. The number of carbonyl (C=O) groups is 2. The van der Waals surface area contributed by atoms with E-state index in [1.54, 1.807) is 4.90 Å². The van der Waals surface area contributed by atoms with E-state index >= 15 is 0 Å². The summed E-state index contributed by atoms with van der Waals surface area (Å²) in [5.41, 5.74) is 4.87. The summed E-state index contributed by atoms with van der Waals surface area (Å²) in [6, 6.07) is 0. The van der Waals surface area contributed by atoms with Gasteiger partial charge < -0.3 is 15.7 Å². The van der Waals surface area contributed by atoms with Gasteiger partial charge in [-0.25, -0.2) is 0 Å². The number of likely N-dealkylation sites (tertiary alicyclic amines) is 1. The molecular weight excluding hydrogens is 246 g/mol. The second kappa shape index (κ2) is 6.34. The molecule has 1 fully saturated rings. The summed E-state index contributed by atoms with van der Waals surface area (Å²) in [6.07, 6.45) is 1.57. The standard InChI is InChI=1S/C13H25N3O3/c1-13(2,9-17)15(3)8-11(18)16-6-4-5-10(7-16)12(14)19/h10,17H,4-9H2,1-3H3,(H2,14,19). The van der Waals surface area contributed by atoms with Gasteiger partial charge in [0.25, 0.3) is 0 Å². The summed E-state index contributed by atoms with van der Waals surface area (Å²) in [5.74, 6) is -0.578. The minimum atomic E-state index is -0.436. The highest BCUT2D eigenvalue weighted by Gasteiger charge is 2.30. The normalized spacial score (nSPS) is 20.7. The van der Waals surface area contributed by atoms with Crippen molar-refractivity contribution in [1.29, 1.82) is 0 Å². The molecule has 0 aromatic heterocycles. The maximum absolute atomic E-state index is 12.2. The smallest absolute Gasteiger partial charge is 0.236 e. The lowest BCUT2D eigenvalue weighted by Gasteiger charge is -2.37. The second-order valence-electron chi connectivity index (χ2n) is 5.91. The highest BCUT2D eigenvalue weighted by atomic mass is 16.3. The Balaban J connectivity index is 2.56. The number of likely N-dealkylation sites (N-methyl/N-ethyl adjacent to an activating group) is 1. The summed E-state index contributed by atoms with van der Waals surface area (Å²) < 4.78 is 0. The Kier molecular flexibility index (Phi) is 5.31. The van der Waals surface area contributed by atoms with Gasteiger partial charge in [0.05, 0.1) is 19.1 Å². The van der Waals surface area contributed by atoms with Gasteiger partial charge in [-0.3, -0.25) is 14.5 Å². The van der Waals surface area contributed by atoms with E-state index in [0.29, 0.717) is 13.1 Å². The monoisotopic (exact) mass is 271 g/mol. The van der Waals surface area contributed by atoms with E-state index in [-0.39, 0.29) is 30.9 Å². The molecule has 0 radical (unpaired) electrons. The number of aliphatic hydroxyl groups excluding tert-OH is 1. The van der Waals surface area contributed by atoms with Crippen molar-refractivity contribution in [2.75, 3.05) is 33.3 Å².